The molecule has 27 heavy (non-hydrogen) atoms. The summed E-state index contributed by atoms with van der Waals surface area (Å²) in [6.45, 7) is 8.84. The average molecular weight is 386 g/mol. The van der Waals surface area contributed by atoms with E-state index >= 15 is 0 Å². The molecule has 0 aromatic carbocycles. The summed E-state index contributed by atoms with van der Waals surface area (Å²) in [6.07, 6.45) is 3.83. The number of hydrogen-bond donors (Lipinski definition) is 0. The fraction of sp³-hybridized carbons (Fsp3) is 0.900. The molecule has 7 nitrogen and oxygen atoms in total. The highest BCUT2D eigenvalue weighted by atomic mass is 16.6. The lowest BCUT2D eigenvalue weighted by atomic mass is 9.87. The van der Waals surface area contributed by atoms with E-state index < -0.39 is 5.60 Å². The number of amides is 1. The Balaban J connectivity index is 1.82. The van der Waals surface area contributed by atoms with Crippen molar-refractivity contribution in [2.45, 2.75) is 83.6 Å². The molecule has 2 rings (SSSR count). The fourth-order valence-electron chi connectivity index (χ4n) is 3.72. The molecule has 0 unspecified atom stereocenters. The lowest BCUT2D eigenvalue weighted by molar-refractivity contribution is -0.150. The van der Waals surface area contributed by atoms with E-state index in [0.29, 0.717) is 19.8 Å². The van der Waals surface area contributed by atoms with Crippen LogP contribution in [0.4, 0.5) is 4.79 Å². The third-order valence-corrected chi connectivity index (χ3v) is 5.16. The van der Waals surface area contributed by atoms with Gasteiger partial charge >= 0.3 is 12.1 Å². The van der Waals surface area contributed by atoms with Gasteiger partial charge in [0.05, 0.1) is 43.9 Å². The van der Waals surface area contributed by atoms with Crippen molar-refractivity contribution in [2.75, 3.05) is 26.9 Å². The van der Waals surface area contributed by atoms with Crippen LogP contribution >= 0.6 is 0 Å². The monoisotopic (exact) mass is 385 g/mol. The molecule has 1 heterocycles. The van der Waals surface area contributed by atoms with Gasteiger partial charge in [0.1, 0.15) is 5.60 Å². The smallest absolute Gasteiger partial charge is 0.410 e. The van der Waals surface area contributed by atoms with Crippen LogP contribution in [-0.2, 0) is 23.7 Å². The maximum atomic E-state index is 12.5. The minimum atomic E-state index is -0.529. The van der Waals surface area contributed by atoms with Crippen LogP contribution < -0.4 is 0 Å². The van der Waals surface area contributed by atoms with E-state index in [4.69, 9.17) is 18.9 Å². The average Bonchev–Trinajstić information content (AvgIpc) is 3.03. The quantitative estimate of drug-likeness (QED) is 0.654. The van der Waals surface area contributed by atoms with Crippen molar-refractivity contribution in [1.29, 1.82) is 0 Å². The largest absolute Gasteiger partial charge is 0.466 e. The number of likely N-dealkylation sites (tertiary alicyclic amines) is 1. The molecule has 2 aliphatic rings. The van der Waals surface area contributed by atoms with Crippen molar-refractivity contribution in [1.82, 2.24) is 4.90 Å². The Hall–Kier alpha value is -1.34. The molecule has 0 radical (unpaired) electrons. The molecule has 2 fully saturated rings. The second-order valence-corrected chi connectivity index (χ2v) is 8.44. The standard InChI is InChI=1S/C20H35NO6/c1-6-25-18(22)14-7-9-16(10-8-14)26-13-15-11-17(24-5)12-21(15)19(23)27-20(2,3)4/h14-17H,6-13H2,1-5H3/t14-,15-,16-,17-/m0/s1. The molecule has 1 amide bonds. The van der Waals surface area contributed by atoms with E-state index in [1.54, 1.807) is 12.0 Å². The molecule has 0 aromatic rings. The Bertz CT molecular complexity index is 495. The Labute approximate surface area is 162 Å². The van der Waals surface area contributed by atoms with E-state index in [0.717, 1.165) is 32.1 Å². The highest BCUT2D eigenvalue weighted by Crippen LogP contribution is 2.29. The van der Waals surface area contributed by atoms with E-state index in [1.165, 1.54) is 0 Å². The molecule has 1 aliphatic heterocycles. The number of ether oxygens (including phenoxy) is 4. The Morgan fingerprint density at radius 3 is 2.30 bits per heavy atom. The predicted octanol–water partition coefficient (Wildman–Crippen LogP) is 3.15. The Morgan fingerprint density at radius 1 is 1.07 bits per heavy atom. The van der Waals surface area contributed by atoms with E-state index in [2.05, 4.69) is 0 Å². The minimum absolute atomic E-state index is 0.00525. The molecule has 156 valence electrons. The molecule has 1 saturated heterocycles. The molecule has 0 bridgehead atoms. The van der Waals surface area contributed by atoms with Crippen LogP contribution in [0.2, 0.25) is 0 Å². The van der Waals surface area contributed by atoms with Crippen LogP contribution in [0.15, 0.2) is 0 Å². The van der Waals surface area contributed by atoms with Gasteiger partial charge in [0.15, 0.2) is 0 Å². The Kier molecular flexibility index (Phi) is 7.91. The molecule has 0 N–H and O–H groups in total. The van der Waals surface area contributed by atoms with Crippen molar-refractivity contribution < 1.29 is 28.5 Å². The van der Waals surface area contributed by atoms with Gasteiger partial charge in [-0.1, -0.05) is 0 Å². The number of rotatable bonds is 6. The lowest BCUT2D eigenvalue weighted by Crippen LogP contribution is -2.42. The van der Waals surface area contributed by atoms with E-state index in [-0.39, 0.29) is 36.2 Å². The van der Waals surface area contributed by atoms with Gasteiger partial charge in [-0.2, -0.15) is 0 Å². The zero-order chi connectivity index (χ0) is 20.0. The van der Waals surface area contributed by atoms with Gasteiger partial charge in [0.2, 0.25) is 0 Å². The summed E-state index contributed by atoms with van der Waals surface area (Å²) in [5.74, 6) is -0.0989. The maximum absolute atomic E-state index is 12.5. The van der Waals surface area contributed by atoms with Crippen molar-refractivity contribution in [3.05, 3.63) is 0 Å². The second-order valence-electron chi connectivity index (χ2n) is 8.44. The van der Waals surface area contributed by atoms with Crippen LogP contribution in [0.3, 0.4) is 0 Å². The third-order valence-electron chi connectivity index (χ3n) is 5.16. The summed E-state index contributed by atoms with van der Waals surface area (Å²) >= 11 is 0. The van der Waals surface area contributed by atoms with Crippen molar-refractivity contribution in [3.8, 4) is 0 Å². The van der Waals surface area contributed by atoms with Gasteiger partial charge in [-0.3, -0.25) is 4.79 Å². The van der Waals surface area contributed by atoms with E-state index in [9.17, 15) is 9.59 Å². The van der Waals surface area contributed by atoms with Crippen molar-refractivity contribution in [3.63, 3.8) is 0 Å². The third kappa shape index (κ3) is 6.64. The summed E-state index contributed by atoms with van der Waals surface area (Å²) in [4.78, 5) is 26.1. The van der Waals surface area contributed by atoms with Gasteiger partial charge in [0, 0.05) is 7.11 Å². The van der Waals surface area contributed by atoms with Gasteiger partial charge < -0.3 is 23.8 Å². The van der Waals surface area contributed by atoms with E-state index in [1.807, 2.05) is 27.7 Å². The SMILES string of the molecule is CCOC(=O)[C@H]1CC[C@H](OC[C@@H]2C[C@H](OC)CN2C(=O)OC(C)(C)C)CC1. The number of carbonyl (C=O) groups is 2. The number of hydrogen-bond acceptors (Lipinski definition) is 6. The first kappa shape index (κ1) is 22.0. The number of esters is 1. The van der Waals surface area contributed by atoms with Crippen LogP contribution in [0.5, 0.6) is 0 Å². The molecule has 1 saturated carbocycles. The summed E-state index contributed by atoms with van der Waals surface area (Å²) in [5, 5.41) is 0. The number of methoxy groups -OCH3 is 1. The molecular weight excluding hydrogens is 350 g/mol. The molecular formula is C20H35NO6. The van der Waals surface area contributed by atoms with Gasteiger partial charge in [-0.25, -0.2) is 4.79 Å². The number of carbonyl (C=O) groups excluding carboxylic acids is 2. The summed E-state index contributed by atoms with van der Waals surface area (Å²) in [6, 6.07) is -0.0485. The summed E-state index contributed by atoms with van der Waals surface area (Å²) in [5.41, 5.74) is -0.529. The highest BCUT2D eigenvalue weighted by molar-refractivity contribution is 5.72. The summed E-state index contributed by atoms with van der Waals surface area (Å²) in [7, 11) is 1.66. The molecule has 1 aliphatic carbocycles. The Morgan fingerprint density at radius 2 is 1.74 bits per heavy atom. The first-order valence-electron chi connectivity index (χ1n) is 10.0. The second kappa shape index (κ2) is 9.73. The zero-order valence-corrected chi connectivity index (χ0v) is 17.4. The summed E-state index contributed by atoms with van der Waals surface area (Å²) < 4.78 is 22.2. The normalized spacial score (nSPS) is 28.9. The van der Waals surface area contributed by atoms with Gasteiger partial charge in [0.25, 0.3) is 0 Å². The van der Waals surface area contributed by atoms with Crippen molar-refractivity contribution in [2.24, 2.45) is 5.92 Å². The maximum Gasteiger partial charge on any atom is 0.410 e. The van der Waals surface area contributed by atoms with Gasteiger partial charge in [-0.05, 0) is 59.8 Å². The van der Waals surface area contributed by atoms with Crippen LogP contribution in [-0.4, -0.2) is 67.7 Å². The predicted molar refractivity (Wildman–Crippen MR) is 100 cm³/mol. The minimum Gasteiger partial charge on any atom is -0.466 e. The molecule has 7 heteroatoms. The zero-order valence-electron chi connectivity index (χ0n) is 17.4. The lowest BCUT2D eigenvalue weighted by Gasteiger charge is -2.31. The highest BCUT2D eigenvalue weighted by Gasteiger charge is 2.38. The van der Waals surface area contributed by atoms with Crippen LogP contribution in [0.25, 0.3) is 0 Å². The van der Waals surface area contributed by atoms with Gasteiger partial charge in [-0.15, -0.1) is 0 Å². The first-order chi connectivity index (χ1) is 12.7. The van der Waals surface area contributed by atoms with Crippen molar-refractivity contribution >= 4 is 12.1 Å². The number of nitrogens with zero attached hydrogens (tertiary/aromatic N) is 1. The van der Waals surface area contributed by atoms with Crippen LogP contribution in [0, 0.1) is 5.92 Å². The fourth-order valence-corrected chi connectivity index (χ4v) is 3.72. The van der Waals surface area contributed by atoms with Crippen LogP contribution in [0.1, 0.15) is 59.8 Å². The topological polar surface area (TPSA) is 74.3 Å². The molecule has 2 atom stereocenters. The molecule has 0 aromatic heterocycles. The molecule has 0 spiro atoms. The first-order valence-corrected chi connectivity index (χ1v) is 10.0.